The minimum absolute atomic E-state index is 0.298. The lowest BCUT2D eigenvalue weighted by molar-refractivity contribution is -0.118. The van der Waals surface area contributed by atoms with Gasteiger partial charge in [0, 0.05) is 18.7 Å². The molecule has 3 rings (SSSR count). The molecule has 0 bridgehead atoms. The second-order valence-corrected chi connectivity index (χ2v) is 5.32. The van der Waals surface area contributed by atoms with Crippen LogP contribution in [0.4, 0.5) is 5.69 Å². The van der Waals surface area contributed by atoms with Crippen LogP contribution < -0.4 is 10.2 Å². The standard InChI is InChI=1S/C15H20N2O/c18-15(6-5-12-7-9-16-11-12)17-10-8-13-3-1-2-4-14(13)17/h1-4,12,16H,5-11H2. The number of para-hydroxylation sites is 1. The average Bonchev–Trinajstić information content (AvgIpc) is 3.05. The Morgan fingerprint density at radius 3 is 3.11 bits per heavy atom. The number of nitrogens with zero attached hydrogens (tertiary/aromatic N) is 1. The maximum Gasteiger partial charge on any atom is 0.227 e. The SMILES string of the molecule is O=C(CCC1CCNC1)N1CCc2ccccc21. The second kappa shape index (κ2) is 5.11. The molecular formula is C15H20N2O. The van der Waals surface area contributed by atoms with Crippen LogP contribution in [0.5, 0.6) is 0 Å². The topological polar surface area (TPSA) is 32.3 Å². The summed E-state index contributed by atoms with van der Waals surface area (Å²) in [5.74, 6) is 0.999. The monoisotopic (exact) mass is 244 g/mol. The third-order valence-corrected chi connectivity index (χ3v) is 4.12. The number of carbonyl (C=O) groups excluding carboxylic acids is 1. The molecule has 1 amide bonds. The Morgan fingerprint density at radius 2 is 2.28 bits per heavy atom. The number of carbonyl (C=O) groups is 1. The molecule has 0 spiro atoms. The highest BCUT2D eigenvalue weighted by Gasteiger charge is 2.24. The van der Waals surface area contributed by atoms with E-state index in [1.165, 1.54) is 12.0 Å². The van der Waals surface area contributed by atoms with Gasteiger partial charge in [-0.25, -0.2) is 0 Å². The van der Waals surface area contributed by atoms with Gasteiger partial charge in [-0.1, -0.05) is 18.2 Å². The van der Waals surface area contributed by atoms with Crippen LogP contribution in [0.1, 0.15) is 24.8 Å². The number of amides is 1. The van der Waals surface area contributed by atoms with Gasteiger partial charge in [-0.15, -0.1) is 0 Å². The first-order chi connectivity index (χ1) is 8.84. The molecule has 0 radical (unpaired) electrons. The molecule has 2 heterocycles. The lowest BCUT2D eigenvalue weighted by Gasteiger charge is -2.18. The van der Waals surface area contributed by atoms with Gasteiger partial charge < -0.3 is 10.2 Å². The van der Waals surface area contributed by atoms with E-state index in [1.807, 2.05) is 11.0 Å². The zero-order chi connectivity index (χ0) is 12.4. The molecule has 2 aliphatic rings. The highest BCUT2D eigenvalue weighted by Crippen LogP contribution is 2.28. The molecule has 1 atom stereocenters. The highest BCUT2D eigenvalue weighted by molar-refractivity contribution is 5.95. The number of hydrogen-bond donors (Lipinski definition) is 1. The molecule has 1 saturated heterocycles. The maximum absolute atomic E-state index is 12.3. The van der Waals surface area contributed by atoms with Gasteiger partial charge in [0.1, 0.15) is 0 Å². The Bertz CT molecular complexity index is 438. The number of nitrogens with one attached hydrogen (secondary N) is 1. The summed E-state index contributed by atoms with van der Waals surface area (Å²) in [6.07, 6.45) is 3.96. The van der Waals surface area contributed by atoms with Crippen molar-refractivity contribution in [2.45, 2.75) is 25.7 Å². The number of anilines is 1. The normalized spacial score (nSPS) is 22.2. The first-order valence-corrected chi connectivity index (χ1v) is 6.93. The van der Waals surface area contributed by atoms with Gasteiger partial charge in [0.2, 0.25) is 5.91 Å². The van der Waals surface area contributed by atoms with Gasteiger partial charge in [0.05, 0.1) is 0 Å². The first kappa shape index (κ1) is 11.7. The van der Waals surface area contributed by atoms with Crippen molar-refractivity contribution in [1.82, 2.24) is 5.32 Å². The summed E-state index contributed by atoms with van der Waals surface area (Å²) in [7, 11) is 0. The molecule has 1 unspecified atom stereocenters. The van der Waals surface area contributed by atoms with Crippen LogP contribution in [0, 0.1) is 5.92 Å². The smallest absolute Gasteiger partial charge is 0.227 e. The molecule has 1 N–H and O–H groups in total. The van der Waals surface area contributed by atoms with Crippen LogP contribution in [-0.2, 0) is 11.2 Å². The molecule has 1 fully saturated rings. The third-order valence-electron chi connectivity index (χ3n) is 4.12. The number of rotatable bonds is 3. The summed E-state index contributed by atoms with van der Waals surface area (Å²) in [5, 5.41) is 3.36. The van der Waals surface area contributed by atoms with E-state index in [0.717, 1.165) is 38.2 Å². The van der Waals surface area contributed by atoms with Crippen LogP contribution in [0.15, 0.2) is 24.3 Å². The van der Waals surface area contributed by atoms with E-state index >= 15 is 0 Å². The van der Waals surface area contributed by atoms with Crippen molar-refractivity contribution in [2.24, 2.45) is 5.92 Å². The Hall–Kier alpha value is -1.35. The minimum atomic E-state index is 0.298. The summed E-state index contributed by atoms with van der Waals surface area (Å²) >= 11 is 0. The number of fused-ring (bicyclic) bond motifs is 1. The fourth-order valence-corrected chi connectivity index (χ4v) is 3.02. The largest absolute Gasteiger partial charge is 0.316 e. The molecule has 96 valence electrons. The molecule has 18 heavy (non-hydrogen) atoms. The van der Waals surface area contributed by atoms with Crippen molar-refractivity contribution >= 4 is 11.6 Å². The molecule has 2 aliphatic heterocycles. The summed E-state index contributed by atoms with van der Waals surface area (Å²) < 4.78 is 0. The van der Waals surface area contributed by atoms with E-state index < -0.39 is 0 Å². The van der Waals surface area contributed by atoms with Crippen molar-refractivity contribution in [3.8, 4) is 0 Å². The fourth-order valence-electron chi connectivity index (χ4n) is 3.02. The van der Waals surface area contributed by atoms with Crippen molar-refractivity contribution in [2.75, 3.05) is 24.5 Å². The Morgan fingerprint density at radius 1 is 1.39 bits per heavy atom. The number of benzene rings is 1. The Labute approximate surface area is 108 Å². The van der Waals surface area contributed by atoms with Gasteiger partial charge >= 0.3 is 0 Å². The molecule has 1 aromatic rings. The van der Waals surface area contributed by atoms with E-state index in [9.17, 15) is 4.79 Å². The zero-order valence-electron chi connectivity index (χ0n) is 10.7. The molecule has 3 heteroatoms. The molecule has 1 aromatic carbocycles. The molecule has 3 nitrogen and oxygen atoms in total. The fraction of sp³-hybridized carbons (Fsp3) is 0.533. The van der Waals surface area contributed by atoms with Gasteiger partial charge in [0.25, 0.3) is 0 Å². The van der Waals surface area contributed by atoms with E-state index in [-0.39, 0.29) is 0 Å². The summed E-state index contributed by atoms with van der Waals surface area (Å²) in [6.45, 7) is 3.07. The number of hydrogen-bond acceptors (Lipinski definition) is 2. The Balaban J connectivity index is 1.60. The van der Waals surface area contributed by atoms with Gasteiger partial charge in [-0.3, -0.25) is 4.79 Å². The second-order valence-electron chi connectivity index (χ2n) is 5.32. The quantitative estimate of drug-likeness (QED) is 0.881. The summed E-state index contributed by atoms with van der Waals surface area (Å²) in [4.78, 5) is 14.2. The van der Waals surface area contributed by atoms with E-state index in [0.29, 0.717) is 18.2 Å². The zero-order valence-corrected chi connectivity index (χ0v) is 10.7. The third kappa shape index (κ3) is 2.27. The molecule has 0 aromatic heterocycles. The van der Waals surface area contributed by atoms with Crippen LogP contribution in [0.3, 0.4) is 0 Å². The maximum atomic E-state index is 12.3. The highest BCUT2D eigenvalue weighted by atomic mass is 16.2. The van der Waals surface area contributed by atoms with Crippen LogP contribution >= 0.6 is 0 Å². The van der Waals surface area contributed by atoms with Crippen LogP contribution in [0.25, 0.3) is 0 Å². The summed E-state index contributed by atoms with van der Waals surface area (Å²) in [6, 6.07) is 8.27. The van der Waals surface area contributed by atoms with Gasteiger partial charge in [0.15, 0.2) is 0 Å². The summed E-state index contributed by atoms with van der Waals surface area (Å²) in [5.41, 5.74) is 2.44. The lowest BCUT2D eigenvalue weighted by Crippen LogP contribution is -2.29. The predicted molar refractivity (Wildman–Crippen MR) is 72.7 cm³/mol. The van der Waals surface area contributed by atoms with E-state index in [1.54, 1.807) is 0 Å². The van der Waals surface area contributed by atoms with E-state index in [4.69, 9.17) is 0 Å². The van der Waals surface area contributed by atoms with Crippen molar-refractivity contribution in [3.05, 3.63) is 29.8 Å². The molecule has 0 saturated carbocycles. The van der Waals surface area contributed by atoms with Gasteiger partial charge in [-0.2, -0.15) is 0 Å². The van der Waals surface area contributed by atoms with Crippen LogP contribution in [-0.4, -0.2) is 25.5 Å². The first-order valence-electron chi connectivity index (χ1n) is 6.93. The molecule has 0 aliphatic carbocycles. The van der Waals surface area contributed by atoms with Crippen molar-refractivity contribution in [3.63, 3.8) is 0 Å². The van der Waals surface area contributed by atoms with Crippen molar-refractivity contribution < 1.29 is 4.79 Å². The van der Waals surface area contributed by atoms with Crippen LogP contribution in [0.2, 0.25) is 0 Å². The average molecular weight is 244 g/mol. The molecular weight excluding hydrogens is 224 g/mol. The van der Waals surface area contributed by atoms with Gasteiger partial charge in [-0.05, 0) is 49.9 Å². The predicted octanol–water partition coefficient (Wildman–Crippen LogP) is 1.97. The lowest BCUT2D eigenvalue weighted by atomic mass is 10.0. The van der Waals surface area contributed by atoms with E-state index in [2.05, 4.69) is 23.5 Å². The minimum Gasteiger partial charge on any atom is -0.316 e. The Kier molecular flexibility index (Phi) is 3.33. The van der Waals surface area contributed by atoms with Crippen molar-refractivity contribution in [1.29, 1.82) is 0 Å².